The van der Waals surface area contributed by atoms with Crippen molar-refractivity contribution >= 4 is 29.5 Å². The van der Waals surface area contributed by atoms with Crippen LogP contribution < -0.4 is 10.1 Å². The number of hydrogen-bond donors (Lipinski definition) is 1. The molecule has 0 unspecified atom stereocenters. The van der Waals surface area contributed by atoms with Gasteiger partial charge in [-0.3, -0.25) is 9.59 Å². The minimum Gasteiger partial charge on any atom is -0.493 e. The third kappa shape index (κ3) is 6.63. The Morgan fingerprint density at radius 2 is 1.80 bits per heavy atom. The highest BCUT2D eigenvalue weighted by molar-refractivity contribution is 6.31. The maximum Gasteiger partial charge on any atom is 0.255 e. The fourth-order valence-corrected chi connectivity index (χ4v) is 3.46. The molecule has 1 heterocycles. The normalized spacial score (nSPS) is 16.3. The van der Waals surface area contributed by atoms with Crippen molar-refractivity contribution in [2.24, 2.45) is 0 Å². The van der Waals surface area contributed by atoms with Crippen LogP contribution in [-0.2, 0) is 4.79 Å². The topological polar surface area (TPSA) is 58.6 Å². The molecule has 1 aliphatic heterocycles. The van der Waals surface area contributed by atoms with Gasteiger partial charge in [-0.15, -0.1) is 0 Å². The maximum absolute atomic E-state index is 12.7. The number of carbonyl (C=O) groups excluding carboxylic acids is 2. The quantitative estimate of drug-likeness (QED) is 0.716. The van der Waals surface area contributed by atoms with Crippen molar-refractivity contribution in [2.45, 2.75) is 25.7 Å². The lowest BCUT2D eigenvalue weighted by molar-refractivity contribution is -0.126. The number of hydrogen-bond acceptors (Lipinski definition) is 3. The minimum absolute atomic E-state index is 0.0101. The highest BCUT2D eigenvalue weighted by Crippen LogP contribution is 2.23. The molecule has 0 aromatic heterocycles. The lowest BCUT2D eigenvalue weighted by atomic mass is 10.1. The van der Waals surface area contributed by atoms with Crippen LogP contribution in [-0.4, -0.2) is 43.0 Å². The summed E-state index contributed by atoms with van der Waals surface area (Å²) in [6.45, 7) is 2.36. The summed E-state index contributed by atoms with van der Waals surface area (Å²) in [7, 11) is 0. The zero-order valence-electron chi connectivity index (χ0n) is 17.0. The molecule has 2 aromatic carbocycles. The van der Waals surface area contributed by atoms with Gasteiger partial charge in [0.05, 0.1) is 12.2 Å². The predicted octanol–water partition coefficient (Wildman–Crippen LogP) is 4.56. The first kappa shape index (κ1) is 21.9. The van der Waals surface area contributed by atoms with E-state index < -0.39 is 0 Å². The number of halogens is 1. The van der Waals surface area contributed by atoms with E-state index in [1.807, 2.05) is 41.3 Å². The Hall–Kier alpha value is -2.79. The summed E-state index contributed by atoms with van der Waals surface area (Å²) in [6, 6.07) is 14.9. The molecule has 1 aliphatic rings. The number of fused-ring (bicyclic) bond motifs is 1. The summed E-state index contributed by atoms with van der Waals surface area (Å²) in [4.78, 5) is 27.1. The number of benzene rings is 2. The van der Waals surface area contributed by atoms with Crippen molar-refractivity contribution in [3.05, 3.63) is 70.8 Å². The Kier molecular flexibility index (Phi) is 8.33. The van der Waals surface area contributed by atoms with E-state index in [-0.39, 0.29) is 11.8 Å². The van der Waals surface area contributed by atoms with Gasteiger partial charge in [-0.2, -0.15) is 0 Å². The molecule has 5 nitrogen and oxygen atoms in total. The van der Waals surface area contributed by atoms with Gasteiger partial charge in [-0.25, -0.2) is 0 Å². The summed E-state index contributed by atoms with van der Waals surface area (Å²) < 4.78 is 5.82. The van der Waals surface area contributed by atoms with Gasteiger partial charge >= 0.3 is 0 Å². The van der Waals surface area contributed by atoms with E-state index in [4.69, 9.17) is 16.3 Å². The number of carbonyl (C=O) groups is 2. The monoisotopic (exact) mass is 426 g/mol. The van der Waals surface area contributed by atoms with Gasteiger partial charge in [0.2, 0.25) is 5.91 Å². The van der Waals surface area contributed by atoms with Crippen LogP contribution in [0.2, 0.25) is 5.02 Å². The smallest absolute Gasteiger partial charge is 0.255 e. The van der Waals surface area contributed by atoms with Gasteiger partial charge in [0.25, 0.3) is 5.91 Å². The first-order chi connectivity index (χ1) is 14.6. The standard InChI is InChI=1S/C24H27ClN2O3/c25-20-11-12-22-21(18-20)24(29)26-14-4-5-15-27(16-6-7-17-30-22)23(28)13-10-19-8-2-1-3-9-19/h1-3,8-13,18H,4-7,14-17H2,(H,26,29)/b13-10+. The Balaban J connectivity index is 1.62. The van der Waals surface area contributed by atoms with Crippen LogP contribution in [0.25, 0.3) is 6.08 Å². The van der Waals surface area contributed by atoms with E-state index in [0.29, 0.717) is 42.6 Å². The summed E-state index contributed by atoms with van der Waals surface area (Å²) >= 11 is 6.05. The van der Waals surface area contributed by atoms with Crippen LogP contribution in [0.4, 0.5) is 0 Å². The molecule has 0 spiro atoms. The van der Waals surface area contributed by atoms with E-state index in [0.717, 1.165) is 31.2 Å². The summed E-state index contributed by atoms with van der Waals surface area (Å²) in [6.07, 6.45) is 6.71. The molecule has 30 heavy (non-hydrogen) atoms. The number of ether oxygens (including phenoxy) is 1. The van der Waals surface area contributed by atoms with E-state index in [9.17, 15) is 9.59 Å². The molecule has 1 N–H and O–H groups in total. The van der Waals surface area contributed by atoms with Crippen LogP contribution in [0.15, 0.2) is 54.6 Å². The highest BCUT2D eigenvalue weighted by atomic mass is 35.5. The average Bonchev–Trinajstić information content (AvgIpc) is 2.76. The van der Waals surface area contributed by atoms with Crippen molar-refractivity contribution < 1.29 is 14.3 Å². The fourth-order valence-electron chi connectivity index (χ4n) is 3.29. The molecular weight excluding hydrogens is 400 g/mol. The highest BCUT2D eigenvalue weighted by Gasteiger charge is 2.15. The second kappa shape index (κ2) is 11.4. The van der Waals surface area contributed by atoms with Gasteiger partial charge in [-0.05, 0) is 55.5 Å². The largest absolute Gasteiger partial charge is 0.493 e. The number of rotatable bonds is 2. The van der Waals surface area contributed by atoms with Crippen molar-refractivity contribution in [1.82, 2.24) is 10.2 Å². The number of amides is 2. The van der Waals surface area contributed by atoms with Crippen LogP contribution in [0.1, 0.15) is 41.6 Å². The Morgan fingerprint density at radius 3 is 2.60 bits per heavy atom. The average molecular weight is 427 g/mol. The Labute approximate surface area is 182 Å². The Bertz CT molecular complexity index is 883. The van der Waals surface area contributed by atoms with Gasteiger partial charge in [-0.1, -0.05) is 41.9 Å². The second-order valence-corrected chi connectivity index (χ2v) is 7.66. The maximum atomic E-state index is 12.7. The van der Waals surface area contributed by atoms with Gasteiger partial charge < -0.3 is 15.0 Å². The van der Waals surface area contributed by atoms with E-state index in [1.54, 1.807) is 24.3 Å². The van der Waals surface area contributed by atoms with E-state index >= 15 is 0 Å². The zero-order valence-corrected chi connectivity index (χ0v) is 17.7. The number of nitrogens with one attached hydrogen (secondary N) is 1. The molecule has 0 bridgehead atoms. The first-order valence-corrected chi connectivity index (χ1v) is 10.7. The van der Waals surface area contributed by atoms with Crippen molar-refractivity contribution in [2.75, 3.05) is 26.2 Å². The first-order valence-electron chi connectivity index (χ1n) is 10.4. The van der Waals surface area contributed by atoms with Crippen molar-refractivity contribution in [1.29, 1.82) is 0 Å². The fraction of sp³-hybridized carbons (Fsp3) is 0.333. The number of nitrogens with zero attached hydrogens (tertiary/aromatic N) is 1. The minimum atomic E-state index is -0.191. The van der Waals surface area contributed by atoms with Crippen LogP contribution in [0.3, 0.4) is 0 Å². The molecule has 3 rings (SSSR count). The third-order valence-corrected chi connectivity index (χ3v) is 5.17. The predicted molar refractivity (Wildman–Crippen MR) is 120 cm³/mol. The molecule has 158 valence electrons. The molecule has 0 saturated heterocycles. The van der Waals surface area contributed by atoms with E-state index in [2.05, 4.69) is 5.32 Å². The SMILES string of the molecule is O=C1NCCCCN(C(=O)/C=C/c2ccccc2)CCCCOc2ccc(Cl)cc21. The summed E-state index contributed by atoms with van der Waals surface area (Å²) in [5, 5.41) is 3.42. The zero-order chi connectivity index (χ0) is 21.2. The Morgan fingerprint density at radius 1 is 1.03 bits per heavy atom. The second-order valence-electron chi connectivity index (χ2n) is 7.23. The third-order valence-electron chi connectivity index (χ3n) is 4.94. The molecule has 0 aliphatic carbocycles. The van der Waals surface area contributed by atoms with E-state index in [1.165, 1.54) is 0 Å². The van der Waals surface area contributed by atoms with Gasteiger partial charge in [0.15, 0.2) is 0 Å². The molecule has 2 amide bonds. The molecule has 2 aromatic rings. The van der Waals surface area contributed by atoms with Crippen LogP contribution in [0.5, 0.6) is 5.75 Å². The van der Waals surface area contributed by atoms with Gasteiger partial charge in [0.1, 0.15) is 5.75 Å². The lowest BCUT2D eigenvalue weighted by Crippen LogP contribution is -2.33. The molecular formula is C24H27ClN2O3. The van der Waals surface area contributed by atoms with Crippen molar-refractivity contribution in [3.63, 3.8) is 0 Å². The molecule has 0 saturated carbocycles. The van der Waals surface area contributed by atoms with Gasteiger partial charge in [0, 0.05) is 30.7 Å². The summed E-state index contributed by atoms with van der Waals surface area (Å²) in [5.74, 6) is 0.354. The lowest BCUT2D eigenvalue weighted by Gasteiger charge is -2.22. The summed E-state index contributed by atoms with van der Waals surface area (Å²) in [5.41, 5.74) is 1.46. The molecule has 0 fully saturated rings. The molecule has 0 radical (unpaired) electrons. The van der Waals surface area contributed by atoms with Crippen LogP contribution in [0, 0.1) is 0 Å². The van der Waals surface area contributed by atoms with Crippen LogP contribution >= 0.6 is 11.6 Å². The van der Waals surface area contributed by atoms with Crippen molar-refractivity contribution in [3.8, 4) is 5.75 Å². The molecule has 0 atom stereocenters. The molecule has 6 heteroatoms.